The topological polar surface area (TPSA) is 72.2 Å². The number of aromatic nitrogens is 1. The molecule has 0 amide bonds. The molecule has 4 rings (SSSR count). The van der Waals surface area contributed by atoms with E-state index in [1.54, 1.807) is 6.07 Å². The average molecular weight is 459 g/mol. The van der Waals surface area contributed by atoms with Crippen LogP contribution in [0.25, 0.3) is 0 Å². The number of aromatic hydroxyl groups is 1. The van der Waals surface area contributed by atoms with Crippen LogP contribution in [0.15, 0.2) is 78.0 Å². The van der Waals surface area contributed by atoms with Gasteiger partial charge in [-0.2, -0.15) is 0 Å². The first-order valence-electron chi connectivity index (χ1n) is 12.2. The molecule has 2 N–H and O–H groups in total. The Kier molecular flexibility index (Phi) is 8.65. The van der Waals surface area contributed by atoms with Crippen molar-refractivity contribution in [2.75, 3.05) is 32.7 Å². The van der Waals surface area contributed by atoms with Gasteiger partial charge in [-0.1, -0.05) is 72.2 Å². The van der Waals surface area contributed by atoms with Crippen LogP contribution in [-0.4, -0.2) is 64.0 Å². The number of hydrogen-bond acceptors (Lipinski definition) is 6. The zero-order valence-corrected chi connectivity index (χ0v) is 19.6. The molecule has 0 radical (unpaired) electrons. The normalized spacial score (nSPS) is 15.3. The Morgan fingerprint density at radius 2 is 1.47 bits per heavy atom. The SMILES string of the molecule is ON=Cc1nc(CCCCCN2CCN(C(c3ccccc3)c3ccccc3)CC2)ccc1O. The lowest BCUT2D eigenvalue weighted by atomic mass is 9.96. The molecule has 0 saturated carbocycles. The zero-order chi connectivity index (χ0) is 23.6. The summed E-state index contributed by atoms with van der Waals surface area (Å²) in [5, 5.41) is 21.4. The Labute approximate surface area is 202 Å². The molecule has 34 heavy (non-hydrogen) atoms. The van der Waals surface area contributed by atoms with Crippen molar-refractivity contribution in [2.45, 2.75) is 31.7 Å². The molecule has 0 unspecified atom stereocenters. The molecule has 178 valence electrons. The summed E-state index contributed by atoms with van der Waals surface area (Å²) in [6.45, 7) is 5.46. The standard InChI is InChI=1S/C28H34N4O2/c33-27-16-15-25(30-26(27)22-29-34)14-8-3-9-17-31-18-20-32(21-19-31)28(23-10-4-1-5-11-23)24-12-6-2-7-13-24/h1-2,4-7,10-13,15-16,22,28,33-34H,3,8-9,14,17-21H2. The predicted molar refractivity (Wildman–Crippen MR) is 136 cm³/mol. The highest BCUT2D eigenvalue weighted by molar-refractivity contribution is 5.80. The molecule has 0 aliphatic carbocycles. The molecular formula is C28H34N4O2. The molecule has 1 saturated heterocycles. The van der Waals surface area contributed by atoms with Crippen LogP contribution in [0.3, 0.4) is 0 Å². The van der Waals surface area contributed by atoms with Crippen LogP contribution in [0.1, 0.15) is 47.8 Å². The molecule has 2 aromatic carbocycles. The number of aryl methyl sites for hydroxylation is 1. The minimum Gasteiger partial charge on any atom is -0.506 e. The monoisotopic (exact) mass is 458 g/mol. The van der Waals surface area contributed by atoms with Crippen molar-refractivity contribution < 1.29 is 10.3 Å². The number of benzene rings is 2. The molecule has 1 aliphatic rings. The Hall–Kier alpha value is -3.22. The van der Waals surface area contributed by atoms with E-state index in [0.717, 1.165) is 57.7 Å². The second kappa shape index (κ2) is 12.3. The summed E-state index contributed by atoms with van der Waals surface area (Å²) < 4.78 is 0. The molecular weight excluding hydrogens is 424 g/mol. The Morgan fingerprint density at radius 3 is 2.09 bits per heavy atom. The molecule has 0 bridgehead atoms. The van der Waals surface area contributed by atoms with E-state index in [0.29, 0.717) is 11.7 Å². The first-order chi connectivity index (χ1) is 16.7. The molecule has 1 fully saturated rings. The van der Waals surface area contributed by atoms with Crippen LogP contribution in [-0.2, 0) is 6.42 Å². The van der Waals surface area contributed by atoms with E-state index >= 15 is 0 Å². The van der Waals surface area contributed by atoms with Gasteiger partial charge >= 0.3 is 0 Å². The van der Waals surface area contributed by atoms with Crippen molar-refractivity contribution in [1.82, 2.24) is 14.8 Å². The highest BCUT2D eigenvalue weighted by Crippen LogP contribution is 2.29. The lowest BCUT2D eigenvalue weighted by Crippen LogP contribution is -2.48. The largest absolute Gasteiger partial charge is 0.506 e. The van der Waals surface area contributed by atoms with Crippen molar-refractivity contribution in [2.24, 2.45) is 5.16 Å². The maximum atomic E-state index is 9.73. The third-order valence-electron chi connectivity index (χ3n) is 6.55. The molecule has 6 nitrogen and oxygen atoms in total. The van der Waals surface area contributed by atoms with Crippen LogP contribution in [0.5, 0.6) is 5.75 Å². The van der Waals surface area contributed by atoms with Crippen molar-refractivity contribution in [1.29, 1.82) is 0 Å². The van der Waals surface area contributed by atoms with Crippen LogP contribution >= 0.6 is 0 Å². The van der Waals surface area contributed by atoms with Gasteiger partial charge in [-0.25, -0.2) is 4.98 Å². The number of unbranched alkanes of at least 4 members (excludes halogenated alkanes) is 2. The lowest BCUT2D eigenvalue weighted by Gasteiger charge is -2.39. The number of pyridine rings is 1. The minimum absolute atomic E-state index is 0.0301. The molecule has 2 heterocycles. The third kappa shape index (κ3) is 6.43. The van der Waals surface area contributed by atoms with Crippen molar-refractivity contribution in [3.05, 3.63) is 95.3 Å². The molecule has 1 aromatic heterocycles. The van der Waals surface area contributed by atoms with Crippen molar-refractivity contribution in [3.63, 3.8) is 0 Å². The fourth-order valence-electron chi connectivity index (χ4n) is 4.75. The smallest absolute Gasteiger partial charge is 0.142 e. The van der Waals surface area contributed by atoms with Crippen LogP contribution in [0.4, 0.5) is 0 Å². The first-order valence-corrected chi connectivity index (χ1v) is 12.2. The fourth-order valence-corrected chi connectivity index (χ4v) is 4.75. The number of oxime groups is 1. The molecule has 0 atom stereocenters. The van der Waals surface area contributed by atoms with Crippen molar-refractivity contribution >= 4 is 6.21 Å². The summed E-state index contributed by atoms with van der Waals surface area (Å²) in [5.41, 5.74) is 3.94. The van der Waals surface area contributed by atoms with Gasteiger partial charge in [0.2, 0.25) is 0 Å². The van der Waals surface area contributed by atoms with Crippen LogP contribution in [0.2, 0.25) is 0 Å². The quantitative estimate of drug-likeness (QED) is 0.199. The van der Waals surface area contributed by atoms with E-state index in [4.69, 9.17) is 5.21 Å². The van der Waals surface area contributed by atoms with Gasteiger partial charge in [0.05, 0.1) is 12.3 Å². The van der Waals surface area contributed by atoms with E-state index < -0.39 is 0 Å². The molecule has 6 heteroatoms. The Balaban J connectivity index is 1.23. The summed E-state index contributed by atoms with van der Waals surface area (Å²) in [5.74, 6) is 0.0301. The van der Waals surface area contributed by atoms with E-state index in [1.807, 2.05) is 6.07 Å². The van der Waals surface area contributed by atoms with Gasteiger partial charge < -0.3 is 15.2 Å². The minimum atomic E-state index is 0.0301. The van der Waals surface area contributed by atoms with Gasteiger partial charge in [0.25, 0.3) is 0 Å². The molecule has 3 aromatic rings. The Morgan fingerprint density at radius 1 is 0.824 bits per heavy atom. The lowest BCUT2D eigenvalue weighted by molar-refractivity contribution is 0.108. The summed E-state index contributed by atoms with van der Waals surface area (Å²) in [6.07, 6.45) is 5.39. The highest BCUT2D eigenvalue weighted by atomic mass is 16.4. The highest BCUT2D eigenvalue weighted by Gasteiger charge is 2.26. The second-order valence-electron chi connectivity index (χ2n) is 8.86. The van der Waals surface area contributed by atoms with E-state index in [-0.39, 0.29) is 5.75 Å². The Bertz CT molecular complexity index is 995. The van der Waals surface area contributed by atoms with Crippen LogP contribution < -0.4 is 0 Å². The zero-order valence-electron chi connectivity index (χ0n) is 19.6. The maximum absolute atomic E-state index is 9.73. The second-order valence-corrected chi connectivity index (χ2v) is 8.86. The van der Waals surface area contributed by atoms with Gasteiger partial charge in [0.15, 0.2) is 0 Å². The predicted octanol–water partition coefficient (Wildman–Crippen LogP) is 4.72. The number of piperazine rings is 1. The first kappa shape index (κ1) is 23.9. The summed E-state index contributed by atoms with van der Waals surface area (Å²) in [7, 11) is 0. The fraction of sp³-hybridized carbons (Fsp3) is 0.357. The maximum Gasteiger partial charge on any atom is 0.142 e. The van der Waals surface area contributed by atoms with Crippen molar-refractivity contribution in [3.8, 4) is 5.75 Å². The van der Waals surface area contributed by atoms with E-state index in [9.17, 15) is 5.11 Å². The van der Waals surface area contributed by atoms with E-state index in [2.05, 4.69) is 80.6 Å². The van der Waals surface area contributed by atoms with Gasteiger partial charge in [-0.15, -0.1) is 0 Å². The number of hydrogen-bond donors (Lipinski definition) is 2. The summed E-state index contributed by atoms with van der Waals surface area (Å²) in [6, 6.07) is 25.4. The summed E-state index contributed by atoms with van der Waals surface area (Å²) in [4.78, 5) is 9.55. The van der Waals surface area contributed by atoms with Crippen LogP contribution in [0, 0.1) is 0 Å². The van der Waals surface area contributed by atoms with E-state index in [1.165, 1.54) is 23.8 Å². The number of nitrogens with zero attached hydrogens (tertiary/aromatic N) is 4. The van der Waals surface area contributed by atoms with Gasteiger partial charge in [-0.3, -0.25) is 4.90 Å². The third-order valence-corrected chi connectivity index (χ3v) is 6.55. The van der Waals surface area contributed by atoms with Gasteiger partial charge in [0.1, 0.15) is 11.4 Å². The number of rotatable bonds is 10. The average Bonchev–Trinajstić information content (AvgIpc) is 2.88. The molecule has 0 spiro atoms. The molecule has 1 aliphatic heterocycles. The van der Waals surface area contributed by atoms with Gasteiger partial charge in [0, 0.05) is 31.9 Å². The summed E-state index contributed by atoms with van der Waals surface area (Å²) >= 11 is 0. The van der Waals surface area contributed by atoms with Gasteiger partial charge in [-0.05, 0) is 49.1 Å².